The molecule has 0 fully saturated rings. The first kappa shape index (κ1) is 12.0. The number of carbonyl (C=O) groups excluding carboxylic acids is 1. The lowest BCUT2D eigenvalue weighted by atomic mass is 10.2. The number of alkyl halides is 1. The van der Waals surface area contributed by atoms with Crippen LogP contribution in [-0.2, 0) is 11.2 Å². The average molecular weight is 253 g/mol. The van der Waals surface area contributed by atoms with Gasteiger partial charge >= 0.3 is 0 Å². The van der Waals surface area contributed by atoms with Crippen molar-refractivity contribution in [3.8, 4) is 5.75 Å². The molecule has 2 rings (SSSR count). The molecular weight excluding hydrogens is 240 g/mol. The Morgan fingerprint density at radius 2 is 2.29 bits per heavy atom. The summed E-state index contributed by atoms with van der Waals surface area (Å²) >= 11 is 5.47. The number of rotatable bonds is 5. The van der Waals surface area contributed by atoms with E-state index in [1.807, 2.05) is 31.2 Å². The fourth-order valence-corrected chi connectivity index (χ4v) is 1.78. The minimum atomic E-state index is -0.0521. The molecule has 0 radical (unpaired) electrons. The molecule has 4 heteroatoms. The van der Waals surface area contributed by atoms with Gasteiger partial charge in [-0.2, -0.15) is 0 Å². The van der Waals surface area contributed by atoms with E-state index >= 15 is 0 Å². The average Bonchev–Trinajstić information content (AvgIpc) is 2.72. The standard InChI is InChI=1S/C13H13ClO3/c1-2-16-12-5-3-4-9-6-11(17-13(9)12)7-10(15)8-14/h3-6H,2,7-8H2,1H3. The van der Waals surface area contributed by atoms with Gasteiger partial charge in [0.2, 0.25) is 0 Å². The number of furan rings is 1. The molecule has 90 valence electrons. The number of para-hydroxylation sites is 1. The molecule has 3 nitrogen and oxygen atoms in total. The maximum absolute atomic E-state index is 11.2. The number of carbonyl (C=O) groups is 1. The summed E-state index contributed by atoms with van der Waals surface area (Å²) in [4.78, 5) is 11.2. The van der Waals surface area contributed by atoms with E-state index < -0.39 is 0 Å². The number of ketones is 1. The van der Waals surface area contributed by atoms with Crippen LogP contribution < -0.4 is 4.74 Å². The predicted molar refractivity (Wildman–Crippen MR) is 66.8 cm³/mol. The van der Waals surface area contributed by atoms with Crippen molar-refractivity contribution in [2.75, 3.05) is 12.5 Å². The Labute approximate surface area is 104 Å². The van der Waals surface area contributed by atoms with Crippen LogP contribution in [0.5, 0.6) is 5.75 Å². The second kappa shape index (κ2) is 5.23. The van der Waals surface area contributed by atoms with Gasteiger partial charge < -0.3 is 9.15 Å². The van der Waals surface area contributed by atoms with E-state index in [2.05, 4.69) is 0 Å². The van der Waals surface area contributed by atoms with Gasteiger partial charge in [-0.15, -0.1) is 11.6 Å². The fourth-order valence-electron chi connectivity index (χ4n) is 1.69. The smallest absolute Gasteiger partial charge is 0.176 e. The molecule has 0 aliphatic heterocycles. The van der Waals surface area contributed by atoms with Crippen molar-refractivity contribution in [1.29, 1.82) is 0 Å². The zero-order chi connectivity index (χ0) is 12.3. The quantitative estimate of drug-likeness (QED) is 0.768. The molecule has 0 atom stereocenters. The highest BCUT2D eigenvalue weighted by molar-refractivity contribution is 6.27. The number of hydrogen-bond donors (Lipinski definition) is 0. The molecule has 0 amide bonds. The van der Waals surface area contributed by atoms with Gasteiger partial charge in [0, 0.05) is 5.39 Å². The van der Waals surface area contributed by atoms with Crippen molar-refractivity contribution < 1.29 is 13.9 Å². The lowest BCUT2D eigenvalue weighted by Gasteiger charge is -2.02. The first-order valence-corrected chi connectivity index (χ1v) is 6.00. The number of hydrogen-bond acceptors (Lipinski definition) is 3. The Balaban J connectivity index is 2.35. The molecule has 0 N–H and O–H groups in total. The molecule has 1 aromatic heterocycles. The SMILES string of the molecule is CCOc1cccc2cc(CC(=O)CCl)oc12. The van der Waals surface area contributed by atoms with Gasteiger partial charge in [0.1, 0.15) is 5.76 Å². The summed E-state index contributed by atoms with van der Waals surface area (Å²) in [5.74, 6) is 1.28. The Bertz CT molecular complexity index is 530. The number of Topliss-reactive ketones (excluding diaryl/α,β-unsaturated/α-hetero) is 1. The minimum Gasteiger partial charge on any atom is -0.490 e. The van der Waals surface area contributed by atoms with E-state index in [-0.39, 0.29) is 18.1 Å². The second-order valence-electron chi connectivity index (χ2n) is 3.67. The maximum atomic E-state index is 11.2. The van der Waals surface area contributed by atoms with Crippen molar-refractivity contribution in [3.63, 3.8) is 0 Å². The van der Waals surface area contributed by atoms with E-state index in [1.165, 1.54) is 0 Å². The highest BCUT2D eigenvalue weighted by Gasteiger charge is 2.11. The first-order valence-electron chi connectivity index (χ1n) is 5.46. The topological polar surface area (TPSA) is 39.4 Å². The van der Waals surface area contributed by atoms with E-state index in [4.69, 9.17) is 20.8 Å². The van der Waals surface area contributed by atoms with Crippen LogP contribution in [0.4, 0.5) is 0 Å². The van der Waals surface area contributed by atoms with Crippen LogP contribution in [0, 0.1) is 0 Å². The Hall–Kier alpha value is -1.48. The summed E-state index contributed by atoms with van der Waals surface area (Å²) < 4.78 is 11.1. The molecule has 1 heterocycles. The second-order valence-corrected chi connectivity index (χ2v) is 3.94. The molecule has 1 aromatic carbocycles. The summed E-state index contributed by atoms with van der Waals surface area (Å²) in [7, 11) is 0. The van der Waals surface area contributed by atoms with Crippen molar-refractivity contribution >= 4 is 28.4 Å². The van der Waals surface area contributed by atoms with Crippen molar-refractivity contribution in [1.82, 2.24) is 0 Å². The molecule has 0 bridgehead atoms. The van der Waals surface area contributed by atoms with E-state index in [1.54, 1.807) is 0 Å². The van der Waals surface area contributed by atoms with Crippen molar-refractivity contribution in [2.24, 2.45) is 0 Å². The normalized spacial score (nSPS) is 10.7. The van der Waals surface area contributed by atoms with Crippen molar-refractivity contribution in [2.45, 2.75) is 13.3 Å². The summed E-state index contributed by atoms with van der Waals surface area (Å²) in [5, 5.41) is 0.938. The molecule has 0 aliphatic carbocycles. The van der Waals surface area contributed by atoms with Crippen LogP contribution in [0.15, 0.2) is 28.7 Å². The maximum Gasteiger partial charge on any atom is 0.176 e. The molecule has 0 aliphatic rings. The van der Waals surface area contributed by atoms with Gasteiger partial charge in [0.15, 0.2) is 17.1 Å². The largest absolute Gasteiger partial charge is 0.490 e. The van der Waals surface area contributed by atoms with Crippen LogP contribution in [0.25, 0.3) is 11.0 Å². The summed E-state index contributed by atoms with van der Waals surface area (Å²) in [6.45, 7) is 2.50. The monoisotopic (exact) mass is 252 g/mol. The minimum absolute atomic E-state index is 0.00929. The molecule has 0 spiro atoms. The molecule has 0 saturated heterocycles. The first-order chi connectivity index (χ1) is 8.24. The summed E-state index contributed by atoms with van der Waals surface area (Å²) in [6, 6.07) is 7.52. The van der Waals surface area contributed by atoms with Gasteiger partial charge in [-0.1, -0.05) is 12.1 Å². The Morgan fingerprint density at radius 3 is 3.00 bits per heavy atom. The van der Waals surface area contributed by atoms with Gasteiger partial charge in [-0.3, -0.25) is 4.79 Å². The van der Waals surface area contributed by atoms with Gasteiger partial charge in [0.25, 0.3) is 0 Å². The van der Waals surface area contributed by atoms with Crippen molar-refractivity contribution in [3.05, 3.63) is 30.0 Å². The lowest BCUT2D eigenvalue weighted by molar-refractivity contribution is -0.116. The van der Waals surface area contributed by atoms with E-state index in [9.17, 15) is 4.79 Å². The van der Waals surface area contributed by atoms with E-state index in [0.29, 0.717) is 23.7 Å². The van der Waals surface area contributed by atoms with Gasteiger partial charge in [0.05, 0.1) is 18.9 Å². The number of benzene rings is 1. The number of halogens is 1. The third-order valence-electron chi connectivity index (χ3n) is 2.38. The zero-order valence-corrected chi connectivity index (χ0v) is 10.3. The highest BCUT2D eigenvalue weighted by atomic mass is 35.5. The molecule has 0 saturated carbocycles. The van der Waals surface area contributed by atoms with Gasteiger partial charge in [-0.25, -0.2) is 0 Å². The summed E-state index contributed by atoms with van der Waals surface area (Å²) in [6.07, 6.45) is 0.226. The molecular formula is C13H13ClO3. The fraction of sp³-hybridized carbons (Fsp3) is 0.308. The third-order valence-corrected chi connectivity index (χ3v) is 2.68. The third kappa shape index (κ3) is 2.61. The number of ether oxygens (including phenoxy) is 1. The van der Waals surface area contributed by atoms with Crippen LogP contribution in [-0.4, -0.2) is 18.3 Å². The Kier molecular flexibility index (Phi) is 3.69. The predicted octanol–water partition coefficient (Wildman–Crippen LogP) is 3.18. The molecule has 17 heavy (non-hydrogen) atoms. The summed E-state index contributed by atoms with van der Waals surface area (Å²) in [5.41, 5.74) is 0.687. The van der Waals surface area contributed by atoms with Crippen LogP contribution in [0.3, 0.4) is 0 Å². The molecule has 2 aromatic rings. The van der Waals surface area contributed by atoms with Gasteiger partial charge in [-0.05, 0) is 19.1 Å². The lowest BCUT2D eigenvalue weighted by Crippen LogP contribution is -2.02. The zero-order valence-electron chi connectivity index (χ0n) is 9.53. The highest BCUT2D eigenvalue weighted by Crippen LogP contribution is 2.28. The van der Waals surface area contributed by atoms with Crippen LogP contribution in [0.1, 0.15) is 12.7 Å². The van der Waals surface area contributed by atoms with E-state index in [0.717, 1.165) is 5.39 Å². The Morgan fingerprint density at radius 1 is 1.47 bits per heavy atom. The van der Waals surface area contributed by atoms with Crippen LogP contribution >= 0.6 is 11.6 Å². The molecule has 0 unspecified atom stereocenters. The van der Waals surface area contributed by atoms with Crippen LogP contribution in [0.2, 0.25) is 0 Å². The number of fused-ring (bicyclic) bond motifs is 1.